The highest BCUT2D eigenvalue weighted by molar-refractivity contribution is 5.39. The SMILES string of the molecule is CCC(C)CC(CC)(c1ccccc1)c1ccccc1. The minimum atomic E-state index is 0.151. The molecule has 0 amide bonds. The standard InChI is InChI=1S/C20H26/c1-4-17(3)16-20(5-2,18-12-8-6-9-13-18)19-14-10-7-11-15-19/h6-15,17H,4-5,16H2,1-3H3. The molecular weight excluding hydrogens is 240 g/mol. The zero-order chi connectivity index (χ0) is 14.4. The molecule has 1 atom stereocenters. The van der Waals surface area contributed by atoms with Gasteiger partial charge in [-0.2, -0.15) is 0 Å². The van der Waals surface area contributed by atoms with E-state index in [0.29, 0.717) is 0 Å². The first-order valence-electron chi connectivity index (χ1n) is 7.84. The maximum atomic E-state index is 2.37. The quantitative estimate of drug-likeness (QED) is 0.618. The van der Waals surface area contributed by atoms with Crippen LogP contribution in [0.25, 0.3) is 0 Å². The van der Waals surface area contributed by atoms with Gasteiger partial charge in [-0.3, -0.25) is 0 Å². The molecule has 0 fully saturated rings. The molecule has 2 aromatic rings. The van der Waals surface area contributed by atoms with Gasteiger partial charge in [-0.05, 0) is 29.9 Å². The topological polar surface area (TPSA) is 0 Å². The molecule has 2 rings (SSSR count). The second-order valence-electron chi connectivity index (χ2n) is 5.89. The van der Waals surface area contributed by atoms with E-state index in [1.54, 1.807) is 0 Å². The molecule has 0 N–H and O–H groups in total. The third-order valence-corrected chi connectivity index (χ3v) is 4.65. The molecule has 0 aliphatic rings. The Kier molecular flexibility index (Phi) is 5.00. The number of rotatable bonds is 6. The van der Waals surface area contributed by atoms with Crippen LogP contribution in [0.2, 0.25) is 0 Å². The van der Waals surface area contributed by atoms with E-state index < -0.39 is 0 Å². The monoisotopic (exact) mass is 266 g/mol. The van der Waals surface area contributed by atoms with Crippen LogP contribution in [-0.2, 0) is 5.41 Å². The Bertz CT molecular complexity index is 459. The Morgan fingerprint density at radius 2 is 1.25 bits per heavy atom. The summed E-state index contributed by atoms with van der Waals surface area (Å²) in [6, 6.07) is 22.0. The van der Waals surface area contributed by atoms with Gasteiger partial charge in [0, 0.05) is 5.41 Å². The lowest BCUT2D eigenvalue weighted by molar-refractivity contribution is 0.361. The number of hydrogen-bond acceptors (Lipinski definition) is 0. The van der Waals surface area contributed by atoms with Gasteiger partial charge in [0.2, 0.25) is 0 Å². The molecule has 1 unspecified atom stereocenters. The van der Waals surface area contributed by atoms with Gasteiger partial charge in [-0.1, -0.05) is 87.9 Å². The van der Waals surface area contributed by atoms with Gasteiger partial charge >= 0.3 is 0 Å². The van der Waals surface area contributed by atoms with Crippen molar-refractivity contribution in [1.82, 2.24) is 0 Å². The molecule has 0 heteroatoms. The Labute approximate surface area is 123 Å². The summed E-state index contributed by atoms with van der Waals surface area (Å²) in [5.41, 5.74) is 3.06. The summed E-state index contributed by atoms with van der Waals surface area (Å²) in [7, 11) is 0. The summed E-state index contributed by atoms with van der Waals surface area (Å²) in [6.07, 6.45) is 3.60. The highest BCUT2D eigenvalue weighted by Gasteiger charge is 2.33. The van der Waals surface area contributed by atoms with Crippen LogP contribution in [0.15, 0.2) is 60.7 Å². The fraction of sp³-hybridized carbons (Fsp3) is 0.400. The van der Waals surface area contributed by atoms with Crippen LogP contribution in [0.4, 0.5) is 0 Å². The van der Waals surface area contributed by atoms with Crippen molar-refractivity contribution in [2.75, 3.05) is 0 Å². The molecule has 0 saturated carbocycles. The highest BCUT2D eigenvalue weighted by atomic mass is 14.4. The number of hydrogen-bond donors (Lipinski definition) is 0. The molecule has 0 heterocycles. The summed E-state index contributed by atoms with van der Waals surface area (Å²) >= 11 is 0. The first-order chi connectivity index (χ1) is 9.73. The Balaban J connectivity index is 2.52. The van der Waals surface area contributed by atoms with Gasteiger partial charge in [-0.15, -0.1) is 0 Å². The van der Waals surface area contributed by atoms with Crippen molar-refractivity contribution < 1.29 is 0 Å². The highest BCUT2D eigenvalue weighted by Crippen LogP contribution is 2.41. The lowest BCUT2D eigenvalue weighted by atomic mass is 9.67. The minimum Gasteiger partial charge on any atom is -0.0651 e. The maximum absolute atomic E-state index is 2.37. The molecule has 2 aromatic carbocycles. The van der Waals surface area contributed by atoms with Gasteiger partial charge in [0.15, 0.2) is 0 Å². The van der Waals surface area contributed by atoms with E-state index in [2.05, 4.69) is 81.4 Å². The van der Waals surface area contributed by atoms with Gasteiger partial charge in [0.25, 0.3) is 0 Å². The molecule has 0 nitrogen and oxygen atoms in total. The van der Waals surface area contributed by atoms with Crippen LogP contribution in [0.1, 0.15) is 51.2 Å². The Morgan fingerprint density at radius 1 is 0.800 bits per heavy atom. The van der Waals surface area contributed by atoms with E-state index in [1.807, 2.05) is 0 Å². The molecule has 0 bridgehead atoms. The summed E-state index contributed by atoms with van der Waals surface area (Å²) in [6.45, 7) is 6.99. The minimum absolute atomic E-state index is 0.151. The molecule has 0 saturated heterocycles. The molecular formula is C20H26. The molecule has 20 heavy (non-hydrogen) atoms. The van der Waals surface area contributed by atoms with Crippen molar-refractivity contribution in [2.24, 2.45) is 5.92 Å². The normalized spacial score (nSPS) is 13.2. The van der Waals surface area contributed by atoms with Gasteiger partial charge in [0.05, 0.1) is 0 Å². The van der Waals surface area contributed by atoms with Crippen LogP contribution in [0.3, 0.4) is 0 Å². The van der Waals surface area contributed by atoms with Crippen LogP contribution in [0, 0.1) is 5.92 Å². The van der Waals surface area contributed by atoms with Crippen LogP contribution >= 0.6 is 0 Å². The summed E-state index contributed by atoms with van der Waals surface area (Å²) in [5, 5.41) is 0. The zero-order valence-electron chi connectivity index (χ0n) is 13.0. The van der Waals surface area contributed by atoms with Crippen molar-refractivity contribution in [3.05, 3.63) is 71.8 Å². The van der Waals surface area contributed by atoms with E-state index >= 15 is 0 Å². The molecule has 0 radical (unpaired) electrons. The van der Waals surface area contributed by atoms with Crippen LogP contribution in [-0.4, -0.2) is 0 Å². The van der Waals surface area contributed by atoms with Crippen molar-refractivity contribution >= 4 is 0 Å². The van der Waals surface area contributed by atoms with Crippen molar-refractivity contribution in [3.8, 4) is 0 Å². The summed E-state index contributed by atoms with van der Waals surface area (Å²) < 4.78 is 0. The average Bonchev–Trinajstić information content (AvgIpc) is 2.54. The predicted molar refractivity (Wildman–Crippen MR) is 88.0 cm³/mol. The first kappa shape index (κ1) is 14.8. The molecule has 0 aromatic heterocycles. The lowest BCUT2D eigenvalue weighted by Crippen LogP contribution is -2.29. The summed E-state index contributed by atoms with van der Waals surface area (Å²) in [5.74, 6) is 0.732. The summed E-state index contributed by atoms with van der Waals surface area (Å²) in [4.78, 5) is 0. The second kappa shape index (κ2) is 6.74. The zero-order valence-corrected chi connectivity index (χ0v) is 13.0. The fourth-order valence-corrected chi connectivity index (χ4v) is 3.21. The van der Waals surface area contributed by atoms with Crippen LogP contribution < -0.4 is 0 Å². The first-order valence-corrected chi connectivity index (χ1v) is 7.84. The maximum Gasteiger partial charge on any atom is 0.0202 e. The van der Waals surface area contributed by atoms with Crippen molar-refractivity contribution in [1.29, 1.82) is 0 Å². The van der Waals surface area contributed by atoms with Gasteiger partial charge in [0.1, 0.15) is 0 Å². The van der Waals surface area contributed by atoms with Gasteiger partial charge in [-0.25, -0.2) is 0 Å². The molecule has 106 valence electrons. The van der Waals surface area contributed by atoms with Crippen molar-refractivity contribution in [3.63, 3.8) is 0 Å². The van der Waals surface area contributed by atoms with Crippen molar-refractivity contribution in [2.45, 2.75) is 45.4 Å². The Morgan fingerprint density at radius 3 is 1.60 bits per heavy atom. The predicted octanol–water partition coefficient (Wildman–Crippen LogP) is 5.82. The second-order valence-corrected chi connectivity index (χ2v) is 5.89. The Hall–Kier alpha value is -1.56. The molecule has 0 spiro atoms. The third-order valence-electron chi connectivity index (χ3n) is 4.65. The largest absolute Gasteiger partial charge is 0.0651 e. The fourth-order valence-electron chi connectivity index (χ4n) is 3.21. The van der Waals surface area contributed by atoms with E-state index in [-0.39, 0.29) is 5.41 Å². The van der Waals surface area contributed by atoms with E-state index in [0.717, 1.165) is 12.3 Å². The van der Waals surface area contributed by atoms with E-state index in [1.165, 1.54) is 24.0 Å². The average molecular weight is 266 g/mol. The molecule has 0 aliphatic carbocycles. The van der Waals surface area contributed by atoms with E-state index in [4.69, 9.17) is 0 Å². The van der Waals surface area contributed by atoms with E-state index in [9.17, 15) is 0 Å². The number of benzene rings is 2. The lowest BCUT2D eigenvalue weighted by Gasteiger charge is -2.36. The van der Waals surface area contributed by atoms with Crippen LogP contribution in [0.5, 0.6) is 0 Å². The van der Waals surface area contributed by atoms with Gasteiger partial charge < -0.3 is 0 Å². The third kappa shape index (κ3) is 2.95. The smallest absolute Gasteiger partial charge is 0.0202 e. The molecule has 0 aliphatic heterocycles.